The van der Waals surface area contributed by atoms with Crippen molar-refractivity contribution < 1.29 is 0 Å². The number of halogens is 2. The molecule has 1 nitrogen and oxygen atoms in total. The van der Waals surface area contributed by atoms with Gasteiger partial charge in [-0.2, -0.15) is 0 Å². The molecule has 0 radical (unpaired) electrons. The van der Waals surface area contributed by atoms with Crippen molar-refractivity contribution in [2.75, 3.05) is 17.3 Å². The van der Waals surface area contributed by atoms with Crippen LogP contribution in [0.2, 0.25) is 10.0 Å². The van der Waals surface area contributed by atoms with Gasteiger partial charge < -0.3 is 0 Å². The number of aromatic nitrogens is 1. The van der Waals surface area contributed by atoms with Crippen molar-refractivity contribution in [1.29, 1.82) is 0 Å². The Kier molecular flexibility index (Phi) is 10.7. The molecule has 0 aromatic carbocycles. The van der Waals surface area contributed by atoms with Crippen LogP contribution in [0.15, 0.2) is 14.9 Å². The molecule has 0 aliphatic heterocycles. The Balaban J connectivity index is 2.99. The van der Waals surface area contributed by atoms with Crippen LogP contribution in [0.5, 0.6) is 0 Å². The van der Waals surface area contributed by atoms with Gasteiger partial charge in [0.15, 0.2) is 0 Å². The van der Waals surface area contributed by atoms with E-state index < -0.39 is 0 Å². The lowest BCUT2D eigenvalue weighted by Crippen LogP contribution is -1.94. The molecule has 1 aromatic heterocycles. The molecular formula is C15H23Cl2NS3. The van der Waals surface area contributed by atoms with Crippen LogP contribution in [0.25, 0.3) is 0 Å². The maximum atomic E-state index is 6.51. The summed E-state index contributed by atoms with van der Waals surface area (Å²) in [4.78, 5) is 5.70. The highest BCUT2D eigenvalue weighted by atomic mass is 35.5. The lowest BCUT2D eigenvalue weighted by Gasteiger charge is -2.13. The van der Waals surface area contributed by atoms with Crippen molar-refractivity contribution in [3.8, 4) is 0 Å². The van der Waals surface area contributed by atoms with Gasteiger partial charge in [-0.15, -0.1) is 35.3 Å². The Morgan fingerprint density at radius 3 is 1.67 bits per heavy atom. The molecule has 0 N–H and O–H groups in total. The maximum Gasteiger partial charge on any atom is 0.117 e. The van der Waals surface area contributed by atoms with Crippen LogP contribution < -0.4 is 0 Å². The van der Waals surface area contributed by atoms with Crippen LogP contribution in [0, 0.1) is 0 Å². The minimum absolute atomic E-state index is 0.729. The van der Waals surface area contributed by atoms with Crippen LogP contribution >= 0.6 is 58.5 Å². The first-order chi connectivity index (χ1) is 10.2. The highest BCUT2D eigenvalue weighted by Crippen LogP contribution is 2.43. The normalized spacial score (nSPS) is 11.1. The van der Waals surface area contributed by atoms with Gasteiger partial charge in [-0.25, -0.2) is 4.98 Å². The summed E-state index contributed by atoms with van der Waals surface area (Å²) in [5.41, 5.74) is 0. The number of pyridine rings is 1. The van der Waals surface area contributed by atoms with Gasteiger partial charge in [-0.3, -0.25) is 0 Å². The number of nitrogens with zero attached hydrogens (tertiary/aromatic N) is 1. The van der Waals surface area contributed by atoms with Crippen LogP contribution in [0.1, 0.15) is 46.5 Å². The molecule has 1 aromatic rings. The predicted octanol–water partition coefficient (Wildman–Crippen LogP) is 7.28. The fourth-order valence-corrected chi connectivity index (χ4v) is 5.49. The molecule has 6 heteroatoms. The maximum absolute atomic E-state index is 6.51. The monoisotopic (exact) mass is 383 g/mol. The summed E-state index contributed by atoms with van der Waals surface area (Å²) < 4.78 is 0. The summed E-state index contributed by atoms with van der Waals surface area (Å²) in [7, 11) is 0. The largest absolute Gasteiger partial charge is 0.232 e. The SMILES string of the molecule is CCCCSc1nc(SCCCC)c(Cl)c(SCC)c1Cl. The van der Waals surface area contributed by atoms with Gasteiger partial charge in [0.25, 0.3) is 0 Å². The van der Waals surface area contributed by atoms with E-state index in [0.717, 1.165) is 42.3 Å². The molecule has 0 saturated carbocycles. The van der Waals surface area contributed by atoms with Gasteiger partial charge in [0.05, 0.1) is 14.9 Å². The van der Waals surface area contributed by atoms with Crippen molar-refractivity contribution in [2.24, 2.45) is 0 Å². The molecule has 1 rings (SSSR count). The van der Waals surface area contributed by atoms with Crippen LogP contribution in [0.3, 0.4) is 0 Å². The van der Waals surface area contributed by atoms with Crippen LogP contribution in [0.4, 0.5) is 0 Å². The summed E-state index contributed by atoms with van der Waals surface area (Å²) in [5, 5.41) is 3.33. The van der Waals surface area contributed by atoms with E-state index in [-0.39, 0.29) is 0 Å². The van der Waals surface area contributed by atoms with Gasteiger partial charge in [-0.1, -0.05) is 56.8 Å². The van der Waals surface area contributed by atoms with Crippen molar-refractivity contribution >= 4 is 58.5 Å². The molecule has 0 bridgehead atoms. The van der Waals surface area contributed by atoms with Crippen LogP contribution in [-0.2, 0) is 0 Å². The highest BCUT2D eigenvalue weighted by molar-refractivity contribution is 8.01. The molecule has 0 saturated heterocycles. The molecule has 0 unspecified atom stereocenters. The summed E-state index contributed by atoms with van der Waals surface area (Å²) in [6.07, 6.45) is 4.74. The summed E-state index contributed by atoms with van der Waals surface area (Å²) in [6, 6.07) is 0. The van der Waals surface area contributed by atoms with Gasteiger partial charge in [-0.05, 0) is 30.1 Å². The molecule has 120 valence electrons. The minimum Gasteiger partial charge on any atom is -0.232 e. The Morgan fingerprint density at radius 2 is 1.29 bits per heavy atom. The van der Waals surface area contributed by atoms with E-state index in [2.05, 4.69) is 20.8 Å². The highest BCUT2D eigenvalue weighted by Gasteiger charge is 2.18. The summed E-state index contributed by atoms with van der Waals surface area (Å²) in [5.74, 6) is 3.07. The average molecular weight is 384 g/mol. The Morgan fingerprint density at radius 1 is 0.810 bits per heavy atom. The topological polar surface area (TPSA) is 12.9 Å². The second-order valence-electron chi connectivity index (χ2n) is 4.52. The van der Waals surface area contributed by atoms with Crippen molar-refractivity contribution in [3.63, 3.8) is 0 Å². The second kappa shape index (κ2) is 11.3. The molecule has 0 amide bonds. The number of rotatable bonds is 10. The number of unbranched alkanes of at least 4 members (excludes halogenated alkanes) is 2. The first-order valence-electron chi connectivity index (χ1n) is 7.42. The predicted molar refractivity (Wildman–Crippen MR) is 102 cm³/mol. The third kappa shape index (κ3) is 6.42. The molecule has 1 heterocycles. The van der Waals surface area contributed by atoms with Gasteiger partial charge in [0, 0.05) is 0 Å². The third-order valence-electron chi connectivity index (χ3n) is 2.74. The quantitative estimate of drug-likeness (QED) is 0.310. The van der Waals surface area contributed by atoms with E-state index in [9.17, 15) is 0 Å². The van der Waals surface area contributed by atoms with Crippen molar-refractivity contribution in [1.82, 2.24) is 4.98 Å². The minimum atomic E-state index is 0.729. The number of hydrogen-bond donors (Lipinski definition) is 0. The lowest BCUT2D eigenvalue weighted by molar-refractivity contribution is 0.886. The zero-order valence-corrected chi connectivity index (χ0v) is 16.8. The van der Waals surface area contributed by atoms with E-state index in [0.29, 0.717) is 0 Å². The number of thioether (sulfide) groups is 3. The Labute approximate surface area is 151 Å². The fourth-order valence-electron chi connectivity index (χ4n) is 1.57. The fraction of sp³-hybridized carbons (Fsp3) is 0.667. The Bertz CT molecular complexity index is 407. The standard InChI is InChI=1S/C15H23Cl2NS3/c1-4-7-9-20-14-11(16)13(19-6-3)12(17)15(18-14)21-10-8-5-2/h4-10H2,1-3H3. The molecule has 0 atom stereocenters. The van der Waals surface area contributed by atoms with Crippen LogP contribution in [-0.4, -0.2) is 22.2 Å². The molecule has 21 heavy (non-hydrogen) atoms. The third-order valence-corrected chi connectivity index (χ3v) is 7.03. The second-order valence-corrected chi connectivity index (χ2v) is 8.71. The summed E-state index contributed by atoms with van der Waals surface area (Å²) in [6.45, 7) is 6.51. The molecular weight excluding hydrogens is 361 g/mol. The molecule has 0 fully saturated rings. The smallest absolute Gasteiger partial charge is 0.117 e. The Hall–Kier alpha value is 0.780. The van der Waals surface area contributed by atoms with E-state index in [4.69, 9.17) is 28.2 Å². The van der Waals surface area contributed by atoms with E-state index in [1.54, 1.807) is 35.3 Å². The van der Waals surface area contributed by atoms with E-state index in [1.807, 2.05) is 0 Å². The molecule has 0 aliphatic rings. The van der Waals surface area contributed by atoms with Gasteiger partial charge in [0.2, 0.25) is 0 Å². The van der Waals surface area contributed by atoms with E-state index >= 15 is 0 Å². The first-order valence-corrected chi connectivity index (χ1v) is 11.1. The molecule has 0 aliphatic carbocycles. The van der Waals surface area contributed by atoms with Gasteiger partial charge >= 0.3 is 0 Å². The zero-order chi connectivity index (χ0) is 15.7. The average Bonchev–Trinajstić information content (AvgIpc) is 2.48. The number of hydrogen-bond acceptors (Lipinski definition) is 4. The first kappa shape index (κ1) is 19.8. The molecule has 0 spiro atoms. The zero-order valence-electron chi connectivity index (χ0n) is 12.9. The lowest BCUT2D eigenvalue weighted by atomic mass is 10.4. The van der Waals surface area contributed by atoms with Crippen molar-refractivity contribution in [2.45, 2.75) is 61.4 Å². The van der Waals surface area contributed by atoms with Gasteiger partial charge in [0.1, 0.15) is 10.1 Å². The van der Waals surface area contributed by atoms with Crippen molar-refractivity contribution in [3.05, 3.63) is 10.0 Å². The van der Waals surface area contributed by atoms with E-state index in [1.165, 1.54) is 25.7 Å². The summed E-state index contributed by atoms with van der Waals surface area (Å²) >= 11 is 18.2.